The lowest BCUT2D eigenvalue weighted by atomic mass is 9.98. The van der Waals surface area contributed by atoms with E-state index in [1.165, 1.54) is 0 Å². The van der Waals surface area contributed by atoms with Crippen molar-refractivity contribution in [2.24, 2.45) is 0 Å². The number of carboxylic acid groups (broad SMARTS) is 1. The number of hydrogen-bond donors (Lipinski definition) is 3. The Morgan fingerprint density at radius 2 is 1.64 bits per heavy atom. The minimum Gasteiger partial charge on any atom is -0.481 e. The van der Waals surface area contributed by atoms with E-state index in [-0.39, 0.29) is 18.9 Å². The van der Waals surface area contributed by atoms with Crippen molar-refractivity contribution in [3.05, 3.63) is 83.7 Å². The van der Waals surface area contributed by atoms with Gasteiger partial charge in [-0.2, -0.15) is 0 Å². The van der Waals surface area contributed by atoms with Crippen molar-refractivity contribution < 1.29 is 19.4 Å². The summed E-state index contributed by atoms with van der Waals surface area (Å²) in [6, 6.07) is 19.0. The normalized spacial score (nSPS) is 13.4. The van der Waals surface area contributed by atoms with E-state index in [1.54, 1.807) is 18.3 Å². The van der Waals surface area contributed by atoms with Crippen LogP contribution in [-0.2, 0) is 9.53 Å². The van der Waals surface area contributed by atoms with Gasteiger partial charge in [0, 0.05) is 17.8 Å². The summed E-state index contributed by atoms with van der Waals surface area (Å²) in [5, 5.41) is 11.8. The van der Waals surface area contributed by atoms with Gasteiger partial charge in [-0.25, -0.2) is 4.79 Å². The number of carbonyl (C=O) groups excluding carboxylic acids is 1. The average Bonchev–Trinajstić information content (AvgIpc) is 3.32. The quantitative estimate of drug-likeness (QED) is 0.605. The first kappa shape index (κ1) is 17.9. The maximum absolute atomic E-state index is 12.4. The summed E-state index contributed by atoms with van der Waals surface area (Å²) >= 11 is 0. The molecule has 0 fully saturated rings. The van der Waals surface area contributed by atoms with Gasteiger partial charge in [0.15, 0.2) is 0 Å². The first-order valence-corrected chi connectivity index (χ1v) is 9.10. The number of ether oxygens (including phenoxy) is 1. The zero-order chi connectivity index (χ0) is 19.5. The molecule has 0 unspecified atom stereocenters. The molecule has 1 atom stereocenters. The number of aliphatic carboxylic acids is 1. The second-order valence-corrected chi connectivity index (χ2v) is 6.75. The van der Waals surface area contributed by atoms with Gasteiger partial charge >= 0.3 is 12.1 Å². The molecule has 1 heterocycles. The maximum Gasteiger partial charge on any atom is 0.407 e. The van der Waals surface area contributed by atoms with Gasteiger partial charge in [-0.1, -0.05) is 48.5 Å². The predicted molar refractivity (Wildman–Crippen MR) is 104 cm³/mol. The molecule has 6 nitrogen and oxygen atoms in total. The van der Waals surface area contributed by atoms with E-state index in [0.29, 0.717) is 5.69 Å². The first-order valence-electron chi connectivity index (χ1n) is 9.10. The summed E-state index contributed by atoms with van der Waals surface area (Å²) in [5.41, 5.74) is 5.19. The highest BCUT2D eigenvalue weighted by molar-refractivity contribution is 5.79. The molecule has 1 aromatic heterocycles. The van der Waals surface area contributed by atoms with Crippen LogP contribution in [0.1, 0.15) is 35.2 Å². The molecule has 1 aliphatic carbocycles. The van der Waals surface area contributed by atoms with Crippen molar-refractivity contribution in [2.75, 3.05) is 6.61 Å². The van der Waals surface area contributed by atoms with Gasteiger partial charge in [-0.05, 0) is 34.4 Å². The van der Waals surface area contributed by atoms with Crippen LogP contribution in [0.3, 0.4) is 0 Å². The van der Waals surface area contributed by atoms with Crippen LogP contribution in [0.4, 0.5) is 4.79 Å². The molecule has 3 aromatic rings. The number of aromatic nitrogens is 1. The molecule has 0 radical (unpaired) electrons. The summed E-state index contributed by atoms with van der Waals surface area (Å²) in [5.74, 6) is -1.04. The second-order valence-electron chi connectivity index (χ2n) is 6.75. The Balaban J connectivity index is 1.47. The Morgan fingerprint density at radius 1 is 1.00 bits per heavy atom. The van der Waals surface area contributed by atoms with Gasteiger partial charge in [0.05, 0.1) is 12.5 Å². The van der Waals surface area contributed by atoms with Crippen LogP contribution >= 0.6 is 0 Å². The Labute approximate surface area is 162 Å². The number of amides is 1. The summed E-state index contributed by atoms with van der Waals surface area (Å²) < 4.78 is 5.49. The molecule has 28 heavy (non-hydrogen) atoms. The maximum atomic E-state index is 12.4. The van der Waals surface area contributed by atoms with Crippen molar-refractivity contribution >= 4 is 12.1 Å². The largest absolute Gasteiger partial charge is 0.481 e. The molecule has 142 valence electrons. The number of aromatic amines is 1. The Kier molecular flexibility index (Phi) is 4.85. The fourth-order valence-electron chi connectivity index (χ4n) is 3.76. The van der Waals surface area contributed by atoms with E-state index < -0.39 is 18.1 Å². The second kappa shape index (κ2) is 7.60. The van der Waals surface area contributed by atoms with Crippen molar-refractivity contribution in [3.8, 4) is 11.1 Å². The minimum absolute atomic E-state index is 0.0402. The smallest absolute Gasteiger partial charge is 0.407 e. The number of rotatable bonds is 6. The Hall–Kier alpha value is -3.54. The minimum atomic E-state index is -1.00. The molecular weight excluding hydrogens is 356 g/mol. The average molecular weight is 376 g/mol. The van der Waals surface area contributed by atoms with Crippen molar-refractivity contribution in [2.45, 2.75) is 18.4 Å². The summed E-state index contributed by atoms with van der Waals surface area (Å²) in [7, 11) is 0. The lowest BCUT2D eigenvalue weighted by Gasteiger charge is -2.18. The molecule has 0 saturated heterocycles. The fraction of sp³-hybridized carbons (Fsp3) is 0.182. The third kappa shape index (κ3) is 3.49. The van der Waals surface area contributed by atoms with Crippen LogP contribution < -0.4 is 5.32 Å². The van der Waals surface area contributed by atoms with Gasteiger partial charge in [-0.15, -0.1) is 0 Å². The number of carbonyl (C=O) groups is 2. The predicted octanol–water partition coefficient (Wildman–Crippen LogP) is 4.07. The lowest BCUT2D eigenvalue weighted by molar-refractivity contribution is -0.137. The number of nitrogens with one attached hydrogen (secondary N) is 2. The summed E-state index contributed by atoms with van der Waals surface area (Å²) in [6.07, 6.45) is 0.816. The van der Waals surface area contributed by atoms with Crippen LogP contribution in [0, 0.1) is 0 Å². The van der Waals surface area contributed by atoms with Crippen LogP contribution in [0.25, 0.3) is 11.1 Å². The lowest BCUT2D eigenvalue weighted by Crippen LogP contribution is -2.31. The zero-order valence-corrected chi connectivity index (χ0v) is 15.1. The van der Waals surface area contributed by atoms with Gasteiger partial charge in [0.2, 0.25) is 0 Å². The van der Waals surface area contributed by atoms with Crippen LogP contribution in [0.2, 0.25) is 0 Å². The molecule has 3 N–H and O–H groups in total. The zero-order valence-electron chi connectivity index (χ0n) is 15.1. The molecule has 4 rings (SSSR count). The summed E-state index contributed by atoms with van der Waals surface area (Å²) in [4.78, 5) is 26.4. The van der Waals surface area contributed by atoms with E-state index >= 15 is 0 Å². The van der Waals surface area contributed by atoms with Crippen molar-refractivity contribution in [1.29, 1.82) is 0 Å². The van der Waals surface area contributed by atoms with E-state index in [0.717, 1.165) is 22.3 Å². The molecule has 0 saturated carbocycles. The Morgan fingerprint density at radius 3 is 2.21 bits per heavy atom. The fourth-order valence-corrected chi connectivity index (χ4v) is 3.76. The van der Waals surface area contributed by atoms with E-state index in [4.69, 9.17) is 9.84 Å². The number of benzene rings is 2. The molecule has 2 aromatic carbocycles. The number of H-pyrrole nitrogens is 1. The standard InChI is InChI=1S/C22H20N2O4/c25-21(26)12-20(19-10-5-11-23-19)24-22(27)28-13-18-16-8-3-1-6-14(16)15-7-2-4-9-17(15)18/h1-11,18,20,23H,12-13H2,(H,24,27)(H,25,26)/t20-/m1/s1. The molecule has 6 heteroatoms. The van der Waals surface area contributed by atoms with Crippen LogP contribution in [0.15, 0.2) is 66.9 Å². The SMILES string of the molecule is O=C(O)C[C@@H](NC(=O)OCC1c2ccccc2-c2ccccc21)c1ccc[nH]1. The molecular formula is C22H20N2O4. The van der Waals surface area contributed by atoms with Gasteiger partial charge < -0.3 is 20.1 Å². The number of alkyl carbamates (subject to hydrolysis) is 1. The molecule has 0 spiro atoms. The number of fused-ring (bicyclic) bond motifs is 3. The highest BCUT2D eigenvalue weighted by atomic mass is 16.5. The van der Waals surface area contributed by atoms with Crippen LogP contribution in [0.5, 0.6) is 0 Å². The third-order valence-electron chi connectivity index (χ3n) is 5.01. The highest BCUT2D eigenvalue weighted by Crippen LogP contribution is 2.44. The van der Waals surface area contributed by atoms with Gasteiger partial charge in [0.25, 0.3) is 0 Å². The van der Waals surface area contributed by atoms with E-state index in [2.05, 4.69) is 22.4 Å². The van der Waals surface area contributed by atoms with Crippen molar-refractivity contribution in [1.82, 2.24) is 10.3 Å². The van der Waals surface area contributed by atoms with Gasteiger partial charge in [0.1, 0.15) is 6.61 Å². The third-order valence-corrected chi connectivity index (χ3v) is 5.01. The number of carboxylic acids is 1. The molecule has 0 aliphatic heterocycles. The van der Waals surface area contributed by atoms with E-state index in [1.807, 2.05) is 36.4 Å². The topological polar surface area (TPSA) is 91.4 Å². The monoisotopic (exact) mass is 376 g/mol. The van der Waals surface area contributed by atoms with Crippen LogP contribution in [-0.4, -0.2) is 28.8 Å². The van der Waals surface area contributed by atoms with E-state index in [9.17, 15) is 9.59 Å². The molecule has 1 amide bonds. The highest BCUT2D eigenvalue weighted by Gasteiger charge is 2.29. The van der Waals surface area contributed by atoms with Gasteiger partial charge in [-0.3, -0.25) is 4.79 Å². The first-order chi connectivity index (χ1) is 13.6. The van der Waals surface area contributed by atoms with Crippen molar-refractivity contribution in [3.63, 3.8) is 0 Å². The summed E-state index contributed by atoms with van der Waals surface area (Å²) in [6.45, 7) is 0.185. The molecule has 0 bridgehead atoms. The Bertz CT molecular complexity index is 952. The molecule has 1 aliphatic rings. The number of hydrogen-bond acceptors (Lipinski definition) is 3.